The van der Waals surface area contributed by atoms with E-state index in [0.29, 0.717) is 24.7 Å². The van der Waals surface area contributed by atoms with Crippen molar-refractivity contribution in [3.63, 3.8) is 0 Å². The number of esters is 1. The molecule has 7 heteroatoms. The van der Waals surface area contributed by atoms with Crippen LogP contribution in [0.3, 0.4) is 0 Å². The van der Waals surface area contributed by atoms with E-state index in [0.717, 1.165) is 17.5 Å². The van der Waals surface area contributed by atoms with Crippen molar-refractivity contribution in [3.05, 3.63) is 70.7 Å². The number of nitrogens with zero attached hydrogens (tertiary/aromatic N) is 1. The molecule has 0 spiro atoms. The van der Waals surface area contributed by atoms with Crippen LogP contribution in [-0.4, -0.2) is 42.4 Å². The first kappa shape index (κ1) is 20.9. The van der Waals surface area contributed by atoms with Gasteiger partial charge in [0, 0.05) is 31.1 Å². The van der Waals surface area contributed by atoms with Gasteiger partial charge in [-0.1, -0.05) is 54.1 Å². The summed E-state index contributed by atoms with van der Waals surface area (Å²) in [6, 6.07) is 17.0. The van der Waals surface area contributed by atoms with Crippen molar-refractivity contribution in [1.29, 1.82) is 0 Å². The topological polar surface area (TPSA) is 75.7 Å². The maximum absolute atomic E-state index is 12.2. The minimum absolute atomic E-state index is 0.0601. The van der Waals surface area contributed by atoms with E-state index in [1.165, 1.54) is 0 Å². The van der Waals surface area contributed by atoms with Gasteiger partial charge < -0.3 is 15.0 Å². The molecule has 1 saturated heterocycles. The Morgan fingerprint density at radius 3 is 2.52 bits per heavy atom. The van der Waals surface area contributed by atoms with Gasteiger partial charge in [-0.25, -0.2) is 0 Å². The van der Waals surface area contributed by atoms with E-state index in [4.69, 9.17) is 16.3 Å². The Morgan fingerprint density at radius 1 is 1.07 bits per heavy atom. The monoisotopic (exact) mass is 414 g/mol. The molecule has 1 fully saturated rings. The van der Waals surface area contributed by atoms with Gasteiger partial charge in [0.15, 0.2) is 6.61 Å². The zero-order valence-electron chi connectivity index (χ0n) is 16.0. The fraction of sp³-hybridized carbons (Fsp3) is 0.318. The van der Waals surface area contributed by atoms with Crippen LogP contribution in [0.4, 0.5) is 0 Å². The fourth-order valence-corrected chi connectivity index (χ4v) is 3.29. The maximum atomic E-state index is 12.2. The van der Waals surface area contributed by atoms with Crippen LogP contribution in [0, 0.1) is 5.92 Å². The van der Waals surface area contributed by atoms with Gasteiger partial charge in [0.05, 0.1) is 5.92 Å². The van der Waals surface area contributed by atoms with Gasteiger partial charge in [0.25, 0.3) is 5.91 Å². The van der Waals surface area contributed by atoms with E-state index in [1.807, 2.05) is 42.5 Å². The van der Waals surface area contributed by atoms with Crippen LogP contribution >= 0.6 is 11.6 Å². The molecule has 0 unspecified atom stereocenters. The second-order valence-corrected chi connectivity index (χ2v) is 7.42. The molecule has 0 aliphatic carbocycles. The lowest BCUT2D eigenvalue weighted by molar-refractivity contribution is -0.152. The number of amides is 2. The average Bonchev–Trinajstić information content (AvgIpc) is 3.11. The molecule has 2 amide bonds. The Labute approximate surface area is 174 Å². The normalized spacial score (nSPS) is 16.0. The lowest BCUT2D eigenvalue weighted by Crippen LogP contribution is -2.31. The summed E-state index contributed by atoms with van der Waals surface area (Å²) in [5.74, 6) is -1.49. The van der Waals surface area contributed by atoms with Gasteiger partial charge in [-0.2, -0.15) is 0 Å². The molecule has 0 saturated carbocycles. The Morgan fingerprint density at radius 2 is 1.79 bits per heavy atom. The zero-order chi connectivity index (χ0) is 20.6. The van der Waals surface area contributed by atoms with E-state index >= 15 is 0 Å². The van der Waals surface area contributed by atoms with Gasteiger partial charge >= 0.3 is 5.97 Å². The van der Waals surface area contributed by atoms with E-state index in [9.17, 15) is 14.4 Å². The lowest BCUT2D eigenvalue weighted by Gasteiger charge is -2.16. The number of benzene rings is 2. The summed E-state index contributed by atoms with van der Waals surface area (Å²) >= 11 is 5.82. The summed E-state index contributed by atoms with van der Waals surface area (Å²) < 4.78 is 5.10. The number of hydrogen-bond acceptors (Lipinski definition) is 4. The summed E-state index contributed by atoms with van der Waals surface area (Å²) in [6.45, 7) is 0.856. The molecule has 6 nitrogen and oxygen atoms in total. The standard InChI is InChI=1S/C22H23ClN2O4/c23-19-8-6-17(7-9-19)13-24-20(26)15-29-22(28)18-12-21(27)25(14-18)11-10-16-4-2-1-3-5-16/h1-9,18H,10-15H2,(H,24,26)/t18-/m0/s1. The van der Waals surface area contributed by atoms with Gasteiger partial charge in [-0.3, -0.25) is 14.4 Å². The lowest BCUT2D eigenvalue weighted by atomic mass is 10.1. The third-order valence-corrected chi connectivity index (χ3v) is 5.06. The highest BCUT2D eigenvalue weighted by molar-refractivity contribution is 6.30. The smallest absolute Gasteiger partial charge is 0.311 e. The minimum atomic E-state index is -0.526. The molecule has 1 atom stereocenters. The van der Waals surface area contributed by atoms with Crippen molar-refractivity contribution in [3.8, 4) is 0 Å². The number of halogens is 1. The van der Waals surface area contributed by atoms with Gasteiger partial charge in [-0.15, -0.1) is 0 Å². The largest absolute Gasteiger partial charge is 0.455 e. The number of likely N-dealkylation sites (tertiary alicyclic amines) is 1. The molecule has 0 aromatic heterocycles. The summed E-state index contributed by atoms with van der Waals surface area (Å²) in [7, 11) is 0. The molecule has 1 N–H and O–H groups in total. The Kier molecular flexibility index (Phi) is 7.25. The second-order valence-electron chi connectivity index (χ2n) is 6.99. The third kappa shape index (κ3) is 6.32. The quantitative estimate of drug-likeness (QED) is 0.674. The molecule has 2 aromatic rings. The molecule has 0 radical (unpaired) electrons. The van der Waals surface area contributed by atoms with Crippen LogP contribution in [0.25, 0.3) is 0 Å². The van der Waals surface area contributed by atoms with Crippen molar-refractivity contribution in [2.75, 3.05) is 19.7 Å². The molecule has 1 aliphatic heterocycles. The predicted molar refractivity (Wildman–Crippen MR) is 109 cm³/mol. The number of carbonyl (C=O) groups is 3. The number of carbonyl (C=O) groups excluding carboxylic acids is 3. The summed E-state index contributed by atoms with van der Waals surface area (Å²) in [5, 5.41) is 3.31. The van der Waals surface area contributed by atoms with Crippen LogP contribution in [0.1, 0.15) is 17.5 Å². The fourth-order valence-electron chi connectivity index (χ4n) is 3.16. The molecule has 29 heavy (non-hydrogen) atoms. The Hall–Kier alpha value is -2.86. The third-order valence-electron chi connectivity index (χ3n) is 4.81. The average molecular weight is 415 g/mol. The molecule has 1 heterocycles. The van der Waals surface area contributed by atoms with Crippen molar-refractivity contribution in [2.45, 2.75) is 19.4 Å². The Bertz CT molecular complexity index is 855. The van der Waals surface area contributed by atoms with E-state index in [2.05, 4.69) is 5.32 Å². The molecular formula is C22H23ClN2O4. The highest BCUT2D eigenvalue weighted by Crippen LogP contribution is 2.19. The molecule has 0 bridgehead atoms. The summed E-state index contributed by atoms with van der Waals surface area (Å²) in [5.41, 5.74) is 2.04. The van der Waals surface area contributed by atoms with Gasteiger partial charge in [-0.05, 0) is 29.7 Å². The SMILES string of the molecule is O=C(COC(=O)[C@H]1CC(=O)N(CCc2ccccc2)C1)NCc1ccc(Cl)cc1. The van der Waals surface area contributed by atoms with E-state index < -0.39 is 17.8 Å². The highest BCUT2D eigenvalue weighted by atomic mass is 35.5. The molecular weight excluding hydrogens is 392 g/mol. The Balaban J connectivity index is 1.38. The van der Waals surface area contributed by atoms with Crippen molar-refractivity contribution >= 4 is 29.4 Å². The van der Waals surface area contributed by atoms with E-state index in [-0.39, 0.29) is 18.9 Å². The molecule has 3 rings (SSSR count). The number of nitrogens with one attached hydrogen (secondary N) is 1. The van der Waals surface area contributed by atoms with Gasteiger partial charge in [0.2, 0.25) is 5.91 Å². The van der Waals surface area contributed by atoms with Crippen molar-refractivity contribution in [2.24, 2.45) is 5.92 Å². The van der Waals surface area contributed by atoms with Crippen LogP contribution in [0.2, 0.25) is 5.02 Å². The number of ether oxygens (including phenoxy) is 1. The van der Waals surface area contributed by atoms with E-state index in [1.54, 1.807) is 17.0 Å². The first-order valence-corrected chi connectivity index (χ1v) is 9.88. The first-order chi connectivity index (χ1) is 14.0. The highest BCUT2D eigenvalue weighted by Gasteiger charge is 2.35. The van der Waals surface area contributed by atoms with Crippen LogP contribution in [0.15, 0.2) is 54.6 Å². The second kappa shape index (κ2) is 10.1. The number of rotatable bonds is 8. The summed E-state index contributed by atoms with van der Waals surface area (Å²) in [6.07, 6.45) is 0.863. The predicted octanol–water partition coefficient (Wildman–Crippen LogP) is 2.59. The van der Waals surface area contributed by atoms with Crippen LogP contribution in [0.5, 0.6) is 0 Å². The number of hydrogen-bond donors (Lipinski definition) is 1. The maximum Gasteiger partial charge on any atom is 0.311 e. The molecule has 1 aliphatic rings. The van der Waals surface area contributed by atoms with Crippen LogP contribution < -0.4 is 5.32 Å². The van der Waals surface area contributed by atoms with Gasteiger partial charge in [0.1, 0.15) is 0 Å². The van der Waals surface area contributed by atoms with Crippen LogP contribution in [-0.2, 0) is 32.1 Å². The zero-order valence-corrected chi connectivity index (χ0v) is 16.7. The first-order valence-electron chi connectivity index (χ1n) is 9.51. The molecule has 152 valence electrons. The molecule has 2 aromatic carbocycles. The van der Waals surface area contributed by atoms with Crippen molar-refractivity contribution < 1.29 is 19.1 Å². The van der Waals surface area contributed by atoms with Crippen molar-refractivity contribution in [1.82, 2.24) is 10.2 Å². The summed E-state index contributed by atoms with van der Waals surface area (Å²) in [4.78, 5) is 38.0. The minimum Gasteiger partial charge on any atom is -0.455 e.